The Labute approximate surface area is 130 Å². The largest absolute Gasteiger partial charge is 0.299 e. The van der Waals surface area contributed by atoms with Crippen molar-refractivity contribution in [1.29, 1.82) is 0 Å². The van der Waals surface area contributed by atoms with E-state index in [0.29, 0.717) is 6.04 Å². The molecule has 0 unspecified atom stereocenters. The van der Waals surface area contributed by atoms with Crippen LogP contribution in [0, 0.1) is 0 Å². The Balaban J connectivity index is 1.66. The van der Waals surface area contributed by atoms with Crippen molar-refractivity contribution >= 4 is 21.6 Å². The van der Waals surface area contributed by atoms with Crippen LogP contribution in [0.4, 0.5) is 0 Å². The highest BCUT2D eigenvalue weighted by Crippen LogP contribution is 2.23. The number of thiazole rings is 1. The van der Waals surface area contributed by atoms with E-state index in [1.165, 1.54) is 15.3 Å². The van der Waals surface area contributed by atoms with Crippen LogP contribution in [0.5, 0.6) is 0 Å². The second-order valence-corrected chi connectivity index (χ2v) is 6.64. The van der Waals surface area contributed by atoms with Crippen molar-refractivity contribution < 1.29 is 0 Å². The molecule has 0 aliphatic rings. The summed E-state index contributed by atoms with van der Waals surface area (Å²) in [6, 6.07) is 19.5. The summed E-state index contributed by atoms with van der Waals surface area (Å²) in [5.41, 5.74) is 2.48. The summed E-state index contributed by atoms with van der Waals surface area (Å²) in [6.07, 6.45) is 1.00. The van der Waals surface area contributed by atoms with Gasteiger partial charge in [-0.2, -0.15) is 0 Å². The zero-order chi connectivity index (χ0) is 14.7. The van der Waals surface area contributed by atoms with Crippen LogP contribution in [0.3, 0.4) is 0 Å². The third-order valence-electron chi connectivity index (χ3n) is 3.84. The number of hydrogen-bond donors (Lipinski definition) is 0. The Hall–Kier alpha value is -1.71. The van der Waals surface area contributed by atoms with E-state index in [9.17, 15) is 0 Å². The van der Waals surface area contributed by atoms with Gasteiger partial charge in [0.1, 0.15) is 0 Å². The number of fused-ring (bicyclic) bond motifs is 1. The molecule has 0 bridgehead atoms. The van der Waals surface area contributed by atoms with Gasteiger partial charge in [-0.25, -0.2) is 4.98 Å². The molecular formula is C18H20N2S. The second kappa shape index (κ2) is 6.37. The zero-order valence-corrected chi connectivity index (χ0v) is 13.3. The molecule has 0 saturated heterocycles. The van der Waals surface area contributed by atoms with Gasteiger partial charge < -0.3 is 0 Å². The first-order chi connectivity index (χ1) is 10.2. The molecule has 1 aromatic heterocycles. The van der Waals surface area contributed by atoms with Crippen molar-refractivity contribution in [2.75, 3.05) is 7.05 Å². The Kier molecular flexibility index (Phi) is 4.32. The van der Waals surface area contributed by atoms with Crippen molar-refractivity contribution in [2.24, 2.45) is 0 Å². The van der Waals surface area contributed by atoms with Crippen LogP contribution in [-0.4, -0.2) is 23.0 Å². The van der Waals surface area contributed by atoms with E-state index in [0.717, 1.165) is 18.5 Å². The molecule has 2 nitrogen and oxygen atoms in total. The SMILES string of the molecule is C[C@H](Cc1nc2ccccc2s1)N(C)Cc1ccccc1. The van der Waals surface area contributed by atoms with Crippen LogP contribution < -0.4 is 0 Å². The van der Waals surface area contributed by atoms with Crippen LogP contribution in [0.25, 0.3) is 10.2 Å². The molecular weight excluding hydrogens is 276 g/mol. The lowest BCUT2D eigenvalue weighted by atomic mass is 10.1. The van der Waals surface area contributed by atoms with Gasteiger partial charge in [-0.05, 0) is 31.7 Å². The summed E-state index contributed by atoms with van der Waals surface area (Å²) < 4.78 is 1.28. The fourth-order valence-electron chi connectivity index (χ4n) is 2.44. The number of rotatable bonds is 5. The molecule has 0 saturated carbocycles. The van der Waals surface area contributed by atoms with Gasteiger partial charge in [0, 0.05) is 19.0 Å². The van der Waals surface area contributed by atoms with Gasteiger partial charge in [-0.15, -0.1) is 11.3 Å². The smallest absolute Gasteiger partial charge is 0.0954 e. The van der Waals surface area contributed by atoms with Crippen molar-refractivity contribution in [2.45, 2.75) is 25.9 Å². The van der Waals surface area contributed by atoms with E-state index >= 15 is 0 Å². The monoisotopic (exact) mass is 296 g/mol. The van der Waals surface area contributed by atoms with Gasteiger partial charge in [-0.1, -0.05) is 42.5 Å². The number of hydrogen-bond acceptors (Lipinski definition) is 3. The number of benzene rings is 2. The molecule has 0 amide bonds. The van der Waals surface area contributed by atoms with Gasteiger partial charge in [0.05, 0.1) is 15.2 Å². The highest BCUT2D eigenvalue weighted by molar-refractivity contribution is 7.18. The third-order valence-corrected chi connectivity index (χ3v) is 4.89. The molecule has 0 radical (unpaired) electrons. The van der Waals surface area contributed by atoms with Crippen molar-refractivity contribution in [3.05, 3.63) is 65.2 Å². The van der Waals surface area contributed by atoms with E-state index in [4.69, 9.17) is 4.98 Å². The average Bonchev–Trinajstić information content (AvgIpc) is 2.90. The topological polar surface area (TPSA) is 16.1 Å². The maximum absolute atomic E-state index is 4.73. The molecule has 21 heavy (non-hydrogen) atoms. The summed E-state index contributed by atoms with van der Waals surface area (Å²) in [4.78, 5) is 7.12. The fourth-order valence-corrected chi connectivity index (χ4v) is 3.53. The van der Waals surface area contributed by atoms with Gasteiger partial charge in [0.15, 0.2) is 0 Å². The van der Waals surface area contributed by atoms with E-state index < -0.39 is 0 Å². The molecule has 0 aliphatic carbocycles. The normalized spacial score (nSPS) is 12.9. The first kappa shape index (κ1) is 14.2. The summed E-state index contributed by atoms with van der Waals surface area (Å²) >= 11 is 1.81. The molecule has 3 aromatic rings. The Morgan fingerprint density at radius 2 is 1.76 bits per heavy atom. The molecule has 0 fully saturated rings. The molecule has 1 heterocycles. The Morgan fingerprint density at radius 1 is 1.05 bits per heavy atom. The van der Waals surface area contributed by atoms with Crippen molar-refractivity contribution in [1.82, 2.24) is 9.88 Å². The van der Waals surface area contributed by atoms with E-state index in [1.807, 2.05) is 11.3 Å². The summed E-state index contributed by atoms with van der Waals surface area (Å²) in [5.74, 6) is 0. The van der Waals surface area contributed by atoms with Crippen LogP contribution in [-0.2, 0) is 13.0 Å². The second-order valence-electron chi connectivity index (χ2n) is 5.53. The lowest BCUT2D eigenvalue weighted by Gasteiger charge is -2.24. The zero-order valence-electron chi connectivity index (χ0n) is 12.5. The highest BCUT2D eigenvalue weighted by atomic mass is 32.1. The average molecular weight is 296 g/mol. The molecule has 0 aliphatic heterocycles. The van der Waals surface area contributed by atoms with Crippen molar-refractivity contribution in [3.8, 4) is 0 Å². The summed E-state index contributed by atoms with van der Waals surface area (Å²) in [5, 5.41) is 1.23. The number of likely N-dealkylation sites (N-methyl/N-ethyl adjacent to an activating group) is 1. The van der Waals surface area contributed by atoms with Crippen LogP contribution in [0.15, 0.2) is 54.6 Å². The number of nitrogens with zero attached hydrogens (tertiary/aromatic N) is 2. The molecule has 108 valence electrons. The quantitative estimate of drug-likeness (QED) is 0.695. The summed E-state index contributed by atoms with van der Waals surface area (Å²) in [7, 11) is 2.19. The van der Waals surface area contributed by atoms with Gasteiger partial charge in [0.2, 0.25) is 0 Å². The maximum Gasteiger partial charge on any atom is 0.0954 e. The number of para-hydroxylation sites is 1. The van der Waals surface area contributed by atoms with Crippen LogP contribution in [0.1, 0.15) is 17.5 Å². The van der Waals surface area contributed by atoms with Crippen LogP contribution in [0.2, 0.25) is 0 Å². The van der Waals surface area contributed by atoms with E-state index in [2.05, 4.69) is 73.5 Å². The van der Waals surface area contributed by atoms with Crippen molar-refractivity contribution in [3.63, 3.8) is 0 Å². The maximum atomic E-state index is 4.73. The molecule has 1 atom stereocenters. The molecule has 3 heteroatoms. The Morgan fingerprint density at radius 3 is 2.52 bits per heavy atom. The van der Waals surface area contributed by atoms with Gasteiger partial charge in [0.25, 0.3) is 0 Å². The predicted octanol–water partition coefficient (Wildman–Crippen LogP) is 4.36. The summed E-state index contributed by atoms with van der Waals surface area (Å²) in [6.45, 7) is 3.25. The third kappa shape index (κ3) is 3.49. The predicted molar refractivity (Wildman–Crippen MR) is 90.7 cm³/mol. The first-order valence-electron chi connectivity index (χ1n) is 7.31. The number of aromatic nitrogens is 1. The van der Waals surface area contributed by atoms with Gasteiger partial charge in [-0.3, -0.25) is 4.90 Å². The lowest BCUT2D eigenvalue weighted by molar-refractivity contribution is 0.248. The minimum atomic E-state index is 0.478. The Bertz CT molecular complexity index is 672. The first-order valence-corrected chi connectivity index (χ1v) is 8.12. The van der Waals surface area contributed by atoms with E-state index in [1.54, 1.807) is 0 Å². The molecule has 2 aromatic carbocycles. The minimum absolute atomic E-state index is 0.478. The standard InChI is InChI=1S/C18H20N2S/c1-14(20(2)13-15-8-4-3-5-9-15)12-18-19-16-10-6-7-11-17(16)21-18/h3-11,14H,12-13H2,1-2H3/t14-/m1/s1. The van der Waals surface area contributed by atoms with E-state index in [-0.39, 0.29) is 0 Å². The fraction of sp³-hybridized carbons (Fsp3) is 0.278. The van der Waals surface area contributed by atoms with Crippen LogP contribution >= 0.6 is 11.3 Å². The minimum Gasteiger partial charge on any atom is -0.299 e. The molecule has 0 N–H and O–H groups in total. The van der Waals surface area contributed by atoms with Gasteiger partial charge >= 0.3 is 0 Å². The lowest BCUT2D eigenvalue weighted by Crippen LogP contribution is -2.30. The highest BCUT2D eigenvalue weighted by Gasteiger charge is 2.13. The molecule has 0 spiro atoms. The molecule has 3 rings (SSSR count).